The van der Waals surface area contributed by atoms with Gasteiger partial charge >= 0.3 is 0 Å². The largest absolute Gasteiger partial charge is 0.487 e. The number of aliphatic hydroxyl groups excluding tert-OH is 1. The molecule has 0 spiro atoms. The normalized spacial score (nSPS) is 10.9. The lowest BCUT2D eigenvalue weighted by atomic mass is 10.2. The van der Waals surface area contributed by atoms with Crippen molar-refractivity contribution < 1.29 is 14.8 Å². The minimum Gasteiger partial charge on any atom is -0.487 e. The second kappa shape index (κ2) is 6.64. The van der Waals surface area contributed by atoms with Gasteiger partial charge in [0.15, 0.2) is 0 Å². The summed E-state index contributed by atoms with van der Waals surface area (Å²) < 4.78 is 5.60. The summed E-state index contributed by atoms with van der Waals surface area (Å²) in [5, 5.41) is 23.0. The number of nitro groups is 1. The highest BCUT2D eigenvalue weighted by Gasteiger charge is 2.12. The summed E-state index contributed by atoms with van der Waals surface area (Å²) in [6, 6.07) is 4.17. The Bertz CT molecular complexity index is 640. The van der Waals surface area contributed by atoms with Crippen molar-refractivity contribution in [1.29, 1.82) is 0 Å². The van der Waals surface area contributed by atoms with Crippen LogP contribution in [-0.2, 0) is 13.2 Å². The summed E-state index contributed by atoms with van der Waals surface area (Å²) in [4.78, 5) is 14.6. The van der Waals surface area contributed by atoms with Gasteiger partial charge in [0.25, 0.3) is 5.69 Å². The Morgan fingerprint density at radius 1 is 1.48 bits per heavy atom. The van der Waals surface area contributed by atoms with Gasteiger partial charge in [0.2, 0.25) is 0 Å². The van der Waals surface area contributed by atoms with E-state index in [1.165, 1.54) is 18.2 Å². The number of non-ortho nitro benzene ring substituents is 1. The summed E-state index contributed by atoms with van der Waals surface area (Å²) in [6.07, 6.45) is 0. The van der Waals surface area contributed by atoms with Crippen molar-refractivity contribution in [3.8, 4) is 5.75 Å². The zero-order valence-corrected chi connectivity index (χ0v) is 12.6. The van der Waals surface area contributed by atoms with Gasteiger partial charge in [-0.3, -0.25) is 10.1 Å². The molecule has 0 aliphatic carbocycles. The van der Waals surface area contributed by atoms with E-state index in [0.717, 1.165) is 10.7 Å². The number of nitro benzene ring substituents is 1. The van der Waals surface area contributed by atoms with Gasteiger partial charge in [0, 0.05) is 29.0 Å². The van der Waals surface area contributed by atoms with Crippen LogP contribution in [0.4, 0.5) is 5.69 Å². The minimum atomic E-state index is -0.502. The third-order valence-corrected chi connectivity index (χ3v) is 4.06. The van der Waals surface area contributed by atoms with E-state index in [-0.39, 0.29) is 18.9 Å². The van der Waals surface area contributed by atoms with E-state index < -0.39 is 4.92 Å². The van der Waals surface area contributed by atoms with Crippen LogP contribution in [0.25, 0.3) is 0 Å². The van der Waals surface area contributed by atoms with Crippen molar-refractivity contribution in [3.63, 3.8) is 0 Å². The first-order valence-corrected chi connectivity index (χ1v) is 7.34. The van der Waals surface area contributed by atoms with Gasteiger partial charge in [0.1, 0.15) is 12.4 Å². The van der Waals surface area contributed by atoms with Gasteiger partial charge in [-0.15, -0.1) is 11.3 Å². The second-order valence-electron chi connectivity index (χ2n) is 4.83. The van der Waals surface area contributed by atoms with Gasteiger partial charge in [-0.05, 0) is 6.07 Å². The van der Waals surface area contributed by atoms with E-state index in [4.69, 9.17) is 4.74 Å². The van der Waals surface area contributed by atoms with Crippen LogP contribution < -0.4 is 4.74 Å². The molecule has 0 radical (unpaired) electrons. The molecule has 0 aliphatic heterocycles. The molecule has 21 heavy (non-hydrogen) atoms. The number of thiazole rings is 1. The summed E-state index contributed by atoms with van der Waals surface area (Å²) in [5.74, 6) is 0.804. The van der Waals surface area contributed by atoms with Gasteiger partial charge in [-0.2, -0.15) is 0 Å². The number of aromatic nitrogens is 1. The van der Waals surface area contributed by atoms with E-state index in [2.05, 4.69) is 18.8 Å². The third kappa shape index (κ3) is 3.77. The number of aliphatic hydroxyl groups is 1. The molecular formula is C14H16N2O4S. The van der Waals surface area contributed by atoms with Crippen LogP contribution in [-0.4, -0.2) is 15.0 Å². The third-order valence-electron chi connectivity index (χ3n) is 2.86. The van der Waals surface area contributed by atoms with Crippen molar-refractivity contribution in [2.75, 3.05) is 0 Å². The molecule has 1 N–H and O–H groups in total. The number of ether oxygens (including phenoxy) is 1. The Kier molecular flexibility index (Phi) is 4.87. The highest BCUT2D eigenvalue weighted by Crippen LogP contribution is 2.26. The maximum atomic E-state index is 10.7. The monoisotopic (exact) mass is 308 g/mol. The number of hydrogen-bond donors (Lipinski definition) is 1. The van der Waals surface area contributed by atoms with E-state index in [0.29, 0.717) is 17.2 Å². The lowest BCUT2D eigenvalue weighted by molar-refractivity contribution is -0.385. The summed E-state index contributed by atoms with van der Waals surface area (Å²) in [5.41, 5.74) is 1.14. The molecule has 1 heterocycles. The van der Waals surface area contributed by atoms with Crippen molar-refractivity contribution in [1.82, 2.24) is 4.98 Å². The summed E-state index contributed by atoms with van der Waals surface area (Å²) in [7, 11) is 0. The zero-order valence-electron chi connectivity index (χ0n) is 11.8. The molecule has 1 aromatic heterocycles. The van der Waals surface area contributed by atoms with Crippen LogP contribution in [0, 0.1) is 10.1 Å². The molecule has 2 aromatic rings. The van der Waals surface area contributed by atoms with Gasteiger partial charge < -0.3 is 9.84 Å². The minimum absolute atomic E-state index is 0.0675. The second-order valence-corrected chi connectivity index (χ2v) is 5.72. The van der Waals surface area contributed by atoms with E-state index in [1.807, 2.05) is 5.38 Å². The highest BCUT2D eigenvalue weighted by atomic mass is 32.1. The van der Waals surface area contributed by atoms with Gasteiger partial charge in [-0.25, -0.2) is 4.98 Å². The molecular weight excluding hydrogens is 292 g/mol. The van der Waals surface area contributed by atoms with Crippen molar-refractivity contribution in [2.45, 2.75) is 33.0 Å². The van der Waals surface area contributed by atoms with Crippen LogP contribution in [0.15, 0.2) is 23.6 Å². The maximum Gasteiger partial charge on any atom is 0.270 e. The fourth-order valence-corrected chi connectivity index (χ4v) is 2.57. The first kappa shape index (κ1) is 15.4. The Hall–Kier alpha value is -1.99. The lowest BCUT2D eigenvalue weighted by Crippen LogP contribution is -2.00. The summed E-state index contributed by atoms with van der Waals surface area (Å²) in [6.45, 7) is 4.10. The Morgan fingerprint density at radius 2 is 2.24 bits per heavy atom. The molecule has 1 aromatic carbocycles. The molecule has 0 bridgehead atoms. The topological polar surface area (TPSA) is 85.5 Å². The predicted molar refractivity (Wildman–Crippen MR) is 79.6 cm³/mol. The van der Waals surface area contributed by atoms with Gasteiger partial charge in [-0.1, -0.05) is 13.8 Å². The molecule has 0 saturated carbocycles. The van der Waals surface area contributed by atoms with Crippen molar-refractivity contribution in [2.24, 2.45) is 0 Å². The lowest BCUT2D eigenvalue weighted by Gasteiger charge is -2.08. The van der Waals surface area contributed by atoms with Crippen LogP contribution in [0.1, 0.15) is 36.0 Å². The molecule has 7 heteroatoms. The fourth-order valence-electron chi connectivity index (χ4n) is 1.75. The van der Waals surface area contributed by atoms with Crippen molar-refractivity contribution in [3.05, 3.63) is 50.0 Å². The maximum absolute atomic E-state index is 10.7. The van der Waals surface area contributed by atoms with Crippen LogP contribution >= 0.6 is 11.3 Å². The molecule has 0 atom stereocenters. The molecule has 2 rings (SSSR count). The Labute approximate surface area is 126 Å². The molecule has 0 amide bonds. The van der Waals surface area contributed by atoms with E-state index in [1.54, 1.807) is 11.3 Å². The molecule has 0 unspecified atom stereocenters. The molecule has 112 valence electrons. The van der Waals surface area contributed by atoms with Crippen LogP contribution in [0.2, 0.25) is 0 Å². The van der Waals surface area contributed by atoms with E-state index >= 15 is 0 Å². The van der Waals surface area contributed by atoms with Crippen LogP contribution in [0.5, 0.6) is 5.75 Å². The quantitative estimate of drug-likeness (QED) is 0.654. The molecule has 6 nitrogen and oxygen atoms in total. The Balaban J connectivity index is 2.10. The number of benzene rings is 1. The highest BCUT2D eigenvalue weighted by molar-refractivity contribution is 7.09. The Morgan fingerprint density at radius 3 is 2.81 bits per heavy atom. The number of rotatable bonds is 6. The molecule has 0 saturated heterocycles. The van der Waals surface area contributed by atoms with Crippen molar-refractivity contribution >= 4 is 17.0 Å². The average molecular weight is 308 g/mol. The molecule has 0 fully saturated rings. The standard InChI is InChI=1S/C14H16N2O4S/c1-9(2)14-15-11(8-21-14)7-20-13-4-3-12(16(18)19)5-10(13)6-17/h3-5,8-9,17H,6-7H2,1-2H3. The van der Waals surface area contributed by atoms with Gasteiger partial charge in [0.05, 0.1) is 22.2 Å². The summed E-state index contributed by atoms with van der Waals surface area (Å²) >= 11 is 1.58. The fraction of sp³-hybridized carbons (Fsp3) is 0.357. The molecule has 0 aliphatic rings. The average Bonchev–Trinajstić information content (AvgIpc) is 2.93. The predicted octanol–water partition coefficient (Wildman–Crippen LogP) is 3.25. The zero-order chi connectivity index (χ0) is 15.4. The van der Waals surface area contributed by atoms with E-state index in [9.17, 15) is 15.2 Å². The SMILES string of the molecule is CC(C)c1nc(COc2ccc([N+](=O)[O-])cc2CO)cs1. The first-order chi connectivity index (χ1) is 10.0. The number of nitrogens with zero attached hydrogens (tertiary/aromatic N) is 2. The van der Waals surface area contributed by atoms with Crippen LogP contribution in [0.3, 0.4) is 0 Å². The number of hydrogen-bond acceptors (Lipinski definition) is 6. The first-order valence-electron chi connectivity index (χ1n) is 6.46. The smallest absolute Gasteiger partial charge is 0.270 e.